The van der Waals surface area contributed by atoms with Crippen molar-refractivity contribution in [2.75, 3.05) is 0 Å². The lowest BCUT2D eigenvalue weighted by Crippen LogP contribution is -2.36. The largest absolute Gasteiger partial charge is 0.419 e. The van der Waals surface area contributed by atoms with Gasteiger partial charge in [-0.15, -0.1) is 10.2 Å². The molecule has 0 spiro atoms. The SMILES string of the molecule is Cc1nc2c(-c3ccccc3)c(C)[nH]n2c(=O)c1-c1nnc(C(C)(C)C(F)(F)F)o1. The number of alkyl halides is 3. The Balaban J connectivity index is 1.90. The second kappa shape index (κ2) is 6.54. The second-order valence-electron chi connectivity index (χ2n) is 7.55. The van der Waals surface area contributed by atoms with Gasteiger partial charge in [0.05, 0.1) is 5.69 Å². The van der Waals surface area contributed by atoms with E-state index in [1.807, 2.05) is 37.3 Å². The molecular formula is C20H18F3N5O2. The van der Waals surface area contributed by atoms with Crippen LogP contribution in [0.3, 0.4) is 0 Å². The monoisotopic (exact) mass is 417 g/mol. The summed E-state index contributed by atoms with van der Waals surface area (Å²) in [6.45, 7) is 5.26. The van der Waals surface area contributed by atoms with Crippen LogP contribution in [-0.4, -0.2) is 31.0 Å². The number of benzene rings is 1. The van der Waals surface area contributed by atoms with E-state index < -0.39 is 23.0 Å². The minimum Gasteiger partial charge on any atom is -0.419 e. The lowest BCUT2D eigenvalue weighted by atomic mass is 9.93. The summed E-state index contributed by atoms with van der Waals surface area (Å²) in [5, 5.41) is 10.2. The second-order valence-corrected chi connectivity index (χ2v) is 7.55. The number of aromatic nitrogens is 5. The summed E-state index contributed by atoms with van der Waals surface area (Å²) in [6, 6.07) is 9.43. The standard InChI is InChI=1S/C20H18F3N5O2/c1-10-14(16-25-26-18(30-16)19(3,4)20(21,22)23)17(29)28-15(24-10)13(11(2)27-28)12-8-6-5-7-9-12/h5-9,27H,1-4H3. The first-order chi connectivity index (χ1) is 14.0. The smallest absolute Gasteiger partial charge is 0.402 e. The van der Waals surface area contributed by atoms with Gasteiger partial charge < -0.3 is 4.42 Å². The van der Waals surface area contributed by atoms with E-state index in [2.05, 4.69) is 20.3 Å². The quantitative estimate of drug-likeness (QED) is 0.540. The molecule has 7 nitrogen and oxygen atoms in total. The average molecular weight is 417 g/mol. The number of nitrogens with zero attached hydrogens (tertiary/aromatic N) is 4. The van der Waals surface area contributed by atoms with Gasteiger partial charge in [-0.1, -0.05) is 30.3 Å². The molecule has 0 unspecified atom stereocenters. The van der Waals surface area contributed by atoms with Crippen LogP contribution in [0.25, 0.3) is 28.2 Å². The van der Waals surface area contributed by atoms with Crippen molar-refractivity contribution in [1.29, 1.82) is 0 Å². The molecule has 3 heterocycles. The minimum atomic E-state index is -4.59. The summed E-state index contributed by atoms with van der Waals surface area (Å²) in [5.41, 5.74) is 0.0753. The normalized spacial score (nSPS) is 12.6. The van der Waals surface area contributed by atoms with Crippen molar-refractivity contribution >= 4 is 5.65 Å². The maximum Gasteiger partial charge on any atom is 0.402 e. The third-order valence-electron chi connectivity index (χ3n) is 5.09. The van der Waals surface area contributed by atoms with Gasteiger partial charge in [-0.25, -0.2) is 9.50 Å². The van der Waals surface area contributed by atoms with Gasteiger partial charge in [0.15, 0.2) is 5.65 Å². The van der Waals surface area contributed by atoms with Gasteiger partial charge in [-0.3, -0.25) is 9.89 Å². The molecule has 1 N–H and O–H groups in total. The van der Waals surface area contributed by atoms with Crippen LogP contribution in [0.15, 0.2) is 39.5 Å². The topological polar surface area (TPSA) is 89.1 Å². The molecule has 1 aromatic carbocycles. The van der Waals surface area contributed by atoms with Crippen LogP contribution in [-0.2, 0) is 5.41 Å². The fourth-order valence-electron chi connectivity index (χ4n) is 3.18. The van der Waals surface area contributed by atoms with Crippen LogP contribution < -0.4 is 5.56 Å². The van der Waals surface area contributed by atoms with Crippen molar-refractivity contribution in [2.45, 2.75) is 39.3 Å². The van der Waals surface area contributed by atoms with Crippen LogP contribution in [0.5, 0.6) is 0 Å². The first kappa shape index (κ1) is 19.9. The summed E-state index contributed by atoms with van der Waals surface area (Å²) >= 11 is 0. The Morgan fingerprint density at radius 1 is 1.03 bits per heavy atom. The van der Waals surface area contributed by atoms with E-state index in [0.717, 1.165) is 25.0 Å². The summed E-state index contributed by atoms with van der Waals surface area (Å²) in [7, 11) is 0. The number of aryl methyl sites for hydroxylation is 2. The highest BCUT2D eigenvalue weighted by atomic mass is 19.4. The van der Waals surface area contributed by atoms with Crippen LogP contribution in [0.2, 0.25) is 0 Å². The molecular weight excluding hydrogens is 399 g/mol. The molecule has 0 radical (unpaired) electrons. The van der Waals surface area contributed by atoms with E-state index in [0.29, 0.717) is 11.3 Å². The molecule has 4 aromatic rings. The first-order valence-electron chi connectivity index (χ1n) is 9.11. The van der Waals surface area contributed by atoms with E-state index in [9.17, 15) is 18.0 Å². The lowest BCUT2D eigenvalue weighted by Gasteiger charge is -2.23. The van der Waals surface area contributed by atoms with Gasteiger partial charge in [0, 0.05) is 11.3 Å². The van der Waals surface area contributed by atoms with Crippen molar-refractivity contribution in [3.05, 3.63) is 58.0 Å². The molecule has 0 amide bonds. The Hall–Kier alpha value is -3.43. The highest BCUT2D eigenvalue weighted by Gasteiger charge is 2.52. The summed E-state index contributed by atoms with van der Waals surface area (Å²) in [4.78, 5) is 17.7. The van der Waals surface area contributed by atoms with Gasteiger partial charge in [-0.2, -0.15) is 13.2 Å². The number of halogens is 3. The summed E-state index contributed by atoms with van der Waals surface area (Å²) in [5.74, 6) is -0.929. The van der Waals surface area contributed by atoms with Crippen molar-refractivity contribution in [3.8, 4) is 22.6 Å². The van der Waals surface area contributed by atoms with Gasteiger partial charge in [0.1, 0.15) is 11.0 Å². The highest BCUT2D eigenvalue weighted by molar-refractivity contribution is 5.80. The Kier molecular flexibility index (Phi) is 4.33. The molecule has 30 heavy (non-hydrogen) atoms. The number of rotatable bonds is 3. The number of hydrogen-bond acceptors (Lipinski definition) is 5. The molecule has 0 bridgehead atoms. The zero-order chi connectivity index (χ0) is 21.8. The van der Waals surface area contributed by atoms with E-state index >= 15 is 0 Å². The zero-order valence-electron chi connectivity index (χ0n) is 16.6. The van der Waals surface area contributed by atoms with E-state index in [1.54, 1.807) is 6.92 Å². The fraction of sp³-hybridized carbons (Fsp3) is 0.300. The zero-order valence-corrected chi connectivity index (χ0v) is 16.6. The van der Waals surface area contributed by atoms with Gasteiger partial charge in [0.25, 0.3) is 11.4 Å². The maximum absolute atomic E-state index is 13.3. The van der Waals surface area contributed by atoms with Crippen molar-refractivity contribution in [2.24, 2.45) is 0 Å². The number of H-pyrrole nitrogens is 1. The molecule has 0 saturated carbocycles. The molecule has 0 fully saturated rings. The van der Waals surface area contributed by atoms with Crippen molar-refractivity contribution in [3.63, 3.8) is 0 Å². The van der Waals surface area contributed by atoms with E-state index in [1.165, 1.54) is 4.52 Å². The molecule has 156 valence electrons. The van der Waals surface area contributed by atoms with Gasteiger partial charge in [-0.05, 0) is 33.3 Å². The fourth-order valence-corrected chi connectivity index (χ4v) is 3.18. The molecule has 0 atom stereocenters. The lowest BCUT2D eigenvalue weighted by molar-refractivity contribution is -0.185. The van der Waals surface area contributed by atoms with Crippen molar-refractivity contribution in [1.82, 2.24) is 24.8 Å². The van der Waals surface area contributed by atoms with Crippen LogP contribution in [0.4, 0.5) is 13.2 Å². The maximum atomic E-state index is 13.3. The predicted molar refractivity (Wildman–Crippen MR) is 103 cm³/mol. The molecule has 0 saturated heterocycles. The number of hydrogen-bond donors (Lipinski definition) is 1. The number of fused-ring (bicyclic) bond motifs is 1. The average Bonchev–Trinajstić information content (AvgIpc) is 3.27. The molecule has 4 rings (SSSR count). The Morgan fingerprint density at radius 2 is 1.70 bits per heavy atom. The number of aromatic amines is 1. The molecule has 10 heteroatoms. The molecule has 3 aromatic heterocycles. The first-order valence-corrected chi connectivity index (χ1v) is 9.11. The predicted octanol–water partition coefficient (Wildman–Crippen LogP) is 4.20. The minimum absolute atomic E-state index is 0.0508. The molecule has 0 aliphatic heterocycles. The van der Waals surface area contributed by atoms with Crippen LogP contribution in [0.1, 0.15) is 31.1 Å². The van der Waals surface area contributed by atoms with E-state index in [4.69, 9.17) is 4.42 Å². The van der Waals surface area contributed by atoms with Gasteiger partial charge in [0.2, 0.25) is 5.89 Å². The number of nitrogens with one attached hydrogen (secondary N) is 1. The van der Waals surface area contributed by atoms with Crippen LogP contribution >= 0.6 is 0 Å². The Bertz CT molecular complexity index is 1300. The molecule has 0 aliphatic rings. The van der Waals surface area contributed by atoms with E-state index in [-0.39, 0.29) is 17.1 Å². The van der Waals surface area contributed by atoms with Gasteiger partial charge >= 0.3 is 6.18 Å². The highest BCUT2D eigenvalue weighted by Crippen LogP contribution is 2.40. The summed E-state index contributed by atoms with van der Waals surface area (Å²) in [6.07, 6.45) is -4.59. The Labute approximate surface area is 168 Å². The Morgan fingerprint density at radius 3 is 2.33 bits per heavy atom. The van der Waals surface area contributed by atoms with Crippen LogP contribution in [0, 0.1) is 13.8 Å². The summed E-state index contributed by atoms with van der Waals surface area (Å²) < 4.78 is 46.4. The third kappa shape index (κ3) is 2.90. The van der Waals surface area contributed by atoms with Crippen molar-refractivity contribution < 1.29 is 17.6 Å². The molecule has 0 aliphatic carbocycles. The third-order valence-corrected chi connectivity index (χ3v) is 5.09.